The number of benzene rings is 2. The summed E-state index contributed by atoms with van der Waals surface area (Å²) in [4.78, 5) is 20.3. The molecule has 2 N–H and O–H groups in total. The molecule has 2 heterocycles. The Bertz CT molecular complexity index is 1260. The summed E-state index contributed by atoms with van der Waals surface area (Å²) >= 11 is 0. The highest BCUT2D eigenvalue weighted by Gasteiger charge is 2.25. The van der Waals surface area contributed by atoms with Gasteiger partial charge in [0.25, 0.3) is 0 Å². The Balaban J connectivity index is 1.41. The van der Waals surface area contributed by atoms with Gasteiger partial charge in [0.15, 0.2) is 5.96 Å². The van der Waals surface area contributed by atoms with Crippen LogP contribution in [0, 0.1) is 0 Å². The van der Waals surface area contributed by atoms with Gasteiger partial charge in [0, 0.05) is 26.7 Å². The molecule has 0 fully saturated rings. The molecular weight excluding hydrogens is 420 g/mol. The fraction of sp³-hybridized carbons (Fsp3) is 0.321. The Morgan fingerprint density at radius 2 is 1.91 bits per heavy atom. The van der Waals surface area contributed by atoms with Crippen molar-refractivity contribution in [3.05, 3.63) is 95.1 Å². The van der Waals surface area contributed by atoms with E-state index in [1.54, 1.807) is 0 Å². The number of guanidine groups is 1. The fourth-order valence-electron chi connectivity index (χ4n) is 4.74. The molecule has 2 unspecified atom stereocenters. The summed E-state index contributed by atoms with van der Waals surface area (Å²) in [6.07, 6.45) is 5.86. The molecule has 4 aromatic rings. The number of aliphatic imine (C=N–C) groups is 1. The van der Waals surface area contributed by atoms with Crippen molar-refractivity contribution in [2.24, 2.45) is 4.99 Å². The van der Waals surface area contributed by atoms with Crippen LogP contribution in [-0.2, 0) is 12.8 Å². The summed E-state index contributed by atoms with van der Waals surface area (Å²) in [5.74, 6) is 1.88. The number of fused-ring (bicyclic) bond motifs is 2. The molecule has 0 saturated heterocycles. The molecule has 34 heavy (non-hydrogen) atoms. The summed E-state index contributed by atoms with van der Waals surface area (Å²) in [7, 11) is 4.08. The molecule has 2 aromatic heterocycles. The fourth-order valence-corrected chi connectivity index (χ4v) is 4.74. The van der Waals surface area contributed by atoms with Gasteiger partial charge in [0.05, 0.1) is 28.8 Å². The van der Waals surface area contributed by atoms with Crippen LogP contribution in [0.5, 0.6) is 0 Å². The van der Waals surface area contributed by atoms with Crippen LogP contribution in [0.1, 0.15) is 60.1 Å². The van der Waals surface area contributed by atoms with Gasteiger partial charge < -0.3 is 15.2 Å². The van der Waals surface area contributed by atoms with E-state index in [1.807, 2.05) is 44.6 Å². The summed E-state index contributed by atoms with van der Waals surface area (Å²) < 4.78 is 0. The van der Waals surface area contributed by atoms with Gasteiger partial charge in [-0.25, -0.2) is 9.98 Å². The second-order valence-electron chi connectivity index (χ2n) is 9.24. The predicted octanol–water partition coefficient (Wildman–Crippen LogP) is 5.19. The number of H-pyrrole nitrogens is 1. The van der Waals surface area contributed by atoms with Gasteiger partial charge in [-0.1, -0.05) is 42.5 Å². The lowest BCUT2D eigenvalue weighted by Crippen LogP contribution is -2.38. The minimum atomic E-state index is 0.0484. The first-order valence-corrected chi connectivity index (χ1v) is 12.1. The predicted molar refractivity (Wildman–Crippen MR) is 138 cm³/mol. The zero-order valence-electron chi connectivity index (χ0n) is 20.1. The molecule has 0 radical (unpaired) electrons. The molecule has 1 aliphatic rings. The number of nitrogens with zero attached hydrogens (tertiary/aromatic N) is 4. The van der Waals surface area contributed by atoms with Crippen LogP contribution in [0.15, 0.2) is 71.9 Å². The van der Waals surface area contributed by atoms with E-state index < -0.39 is 0 Å². The average Bonchev–Trinajstić information content (AvgIpc) is 3.27. The van der Waals surface area contributed by atoms with Crippen LogP contribution in [0.2, 0.25) is 0 Å². The first-order valence-electron chi connectivity index (χ1n) is 12.1. The van der Waals surface area contributed by atoms with E-state index in [2.05, 4.69) is 58.5 Å². The lowest BCUT2D eigenvalue weighted by Gasteiger charge is -2.27. The maximum absolute atomic E-state index is 5.17. The van der Waals surface area contributed by atoms with Crippen molar-refractivity contribution in [2.75, 3.05) is 14.1 Å². The Morgan fingerprint density at radius 3 is 2.71 bits per heavy atom. The number of para-hydroxylation sites is 2. The van der Waals surface area contributed by atoms with Crippen LogP contribution in [0.25, 0.3) is 11.0 Å². The van der Waals surface area contributed by atoms with Crippen molar-refractivity contribution in [1.82, 2.24) is 25.2 Å². The SMILES string of the molecule is CC(NC(=NC1CCCc2c(Cc3nc4ccccc4[nH]3)ccnc21)N(C)C)c1ccccc1. The molecule has 6 heteroatoms. The van der Waals surface area contributed by atoms with E-state index in [-0.39, 0.29) is 12.1 Å². The molecule has 0 spiro atoms. The molecule has 1 aliphatic carbocycles. The van der Waals surface area contributed by atoms with Gasteiger partial charge in [-0.15, -0.1) is 0 Å². The first kappa shape index (κ1) is 22.1. The zero-order chi connectivity index (χ0) is 23.5. The highest BCUT2D eigenvalue weighted by Crippen LogP contribution is 2.34. The maximum atomic E-state index is 5.17. The van der Waals surface area contributed by atoms with Crippen molar-refractivity contribution >= 4 is 17.0 Å². The van der Waals surface area contributed by atoms with Gasteiger partial charge in [0.2, 0.25) is 0 Å². The number of hydrogen-bond donors (Lipinski definition) is 2. The van der Waals surface area contributed by atoms with E-state index in [0.717, 1.165) is 54.2 Å². The molecule has 0 bridgehead atoms. The average molecular weight is 453 g/mol. The number of nitrogens with one attached hydrogen (secondary N) is 2. The Hall–Kier alpha value is -3.67. The van der Waals surface area contributed by atoms with Crippen LogP contribution in [-0.4, -0.2) is 39.9 Å². The molecule has 0 saturated carbocycles. The first-order chi connectivity index (χ1) is 16.6. The van der Waals surface area contributed by atoms with Crippen molar-refractivity contribution < 1.29 is 0 Å². The second-order valence-corrected chi connectivity index (χ2v) is 9.24. The Morgan fingerprint density at radius 1 is 1.12 bits per heavy atom. The van der Waals surface area contributed by atoms with E-state index in [0.29, 0.717) is 0 Å². The second kappa shape index (κ2) is 9.67. The topological polar surface area (TPSA) is 69.2 Å². The van der Waals surface area contributed by atoms with E-state index in [9.17, 15) is 0 Å². The van der Waals surface area contributed by atoms with Gasteiger partial charge in [-0.2, -0.15) is 0 Å². The minimum Gasteiger partial charge on any atom is -0.350 e. The maximum Gasteiger partial charge on any atom is 0.194 e. The summed E-state index contributed by atoms with van der Waals surface area (Å²) in [5, 5.41) is 3.61. The third-order valence-electron chi connectivity index (χ3n) is 6.55. The molecule has 0 aliphatic heterocycles. The highest BCUT2D eigenvalue weighted by molar-refractivity contribution is 5.80. The van der Waals surface area contributed by atoms with Gasteiger partial charge in [-0.05, 0) is 61.1 Å². The van der Waals surface area contributed by atoms with Crippen molar-refractivity contribution in [1.29, 1.82) is 0 Å². The monoisotopic (exact) mass is 452 g/mol. The number of rotatable bonds is 5. The van der Waals surface area contributed by atoms with E-state index in [4.69, 9.17) is 15.0 Å². The quantitative estimate of drug-likeness (QED) is 0.323. The van der Waals surface area contributed by atoms with E-state index >= 15 is 0 Å². The van der Waals surface area contributed by atoms with Crippen LogP contribution in [0.4, 0.5) is 0 Å². The molecular formula is C28H32N6. The minimum absolute atomic E-state index is 0.0484. The summed E-state index contributed by atoms with van der Waals surface area (Å²) in [6, 6.07) is 21.0. The summed E-state index contributed by atoms with van der Waals surface area (Å²) in [5.41, 5.74) is 7.06. The van der Waals surface area contributed by atoms with Crippen molar-refractivity contribution in [3.63, 3.8) is 0 Å². The largest absolute Gasteiger partial charge is 0.350 e. The third-order valence-corrected chi connectivity index (χ3v) is 6.55. The van der Waals surface area contributed by atoms with Crippen LogP contribution >= 0.6 is 0 Å². The highest BCUT2D eigenvalue weighted by atomic mass is 15.3. The van der Waals surface area contributed by atoms with E-state index in [1.165, 1.54) is 16.7 Å². The van der Waals surface area contributed by atoms with Crippen LogP contribution < -0.4 is 5.32 Å². The Kier molecular flexibility index (Phi) is 6.30. The smallest absolute Gasteiger partial charge is 0.194 e. The van der Waals surface area contributed by atoms with Gasteiger partial charge in [-0.3, -0.25) is 4.98 Å². The molecule has 2 aromatic carbocycles. The zero-order valence-corrected chi connectivity index (χ0v) is 20.1. The molecule has 5 rings (SSSR count). The summed E-state index contributed by atoms with van der Waals surface area (Å²) in [6.45, 7) is 2.17. The number of aromatic amines is 1. The van der Waals surface area contributed by atoms with Crippen LogP contribution in [0.3, 0.4) is 0 Å². The van der Waals surface area contributed by atoms with Gasteiger partial charge >= 0.3 is 0 Å². The van der Waals surface area contributed by atoms with Crippen molar-refractivity contribution in [3.8, 4) is 0 Å². The number of imidazole rings is 1. The normalized spacial score (nSPS) is 16.8. The molecule has 6 nitrogen and oxygen atoms in total. The standard InChI is InChI=1S/C28H32N6/c1-19(20-10-5-4-6-11-20)30-28(34(2)3)33-25-15-9-12-22-21(16-17-29-27(22)25)18-26-31-23-13-7-8-14-24(23)32-26/h4-8,10-11,13-14,16-17,19,25H,9,12,15,18H2,1-3H3,(H,30,33)(H,31,32). The number of pyridine rings is 1. The third kappa shape index (κ3) is 4.67. The molecule has 0 amide bonds. The van der Waals surface area contributed by atoms with Gasteiger partial charge in [0.1, 0.15) is 5.82 Å². The number of hydrogen-bond acceptors (Lipinski definition) is 3. The lowest BCUT2D eigenvalue weighted by atomic mass is 9.88. The molecule has 2 atom stereocenters. The number of aromatic nitrogens is 3. The lowest BCUT2D eigenvalue weighted by molar-refractivity contribution is 0.511. The Labute approximate surface area is 201 Å². The molecule has 174 valence electrons. The van der Waals surface area contributed by atoms with Crippen molar-refractivity contribution in [2.45, 2.75) is 44.7 Å².